The Labute approximate surface area is 130 Å². The Balaban J connectivity index is 1.68. The van der Waals surface area contributed by atoms with Gasteiger partial charge in [-0.2, -0.15) is 0 Å². The van der Waals surface area contributed by atoms with Crippen LogP contribution in [0.1, 0.15) is 6.42 Å². The van der Waals surface area contributed by atoms with Gasteiger partial charge in [-0.1, -0.05) is 23.7 Å². The van der Waals surface area contributed by atoms with Gasteiger partial charge in [0.05, 0.1) is 11.9 Å². The second-order valence-corrected chi connectivity index (χ2v) is 5.10. The monoisotopic (exact) mass is 317 g/mol. The van der Waals surface area contributed by atoms with Crippen molar-refractivity contribution in [2.45, 2.75) is 13.0 Å². The number of aryl methyl sites for hydroxylation is 1. The predicted molar refractivity (Wildman–Crippen MR) is 82.2 cm³/mol. The van der Waals surface area contributed by atoms with Crippen molar-refractivity contribution in [3.63, 3.8) is 0 Å². The summed E-state index contributed by atoms with van der Waals surface area (Å²) in [6, 6.07) is 13.6. The highest BCUT2D eigenvalue weighted by Crippen LogP contribution is 2.16. The van der Waals surface area contributed by atoms with Gasteiger partial charge in [-0.05, 0) is 36.4 Å². The molecule has 112 valence electrons. The fourth-order valence-corrected chi connectivity index (χ4v) is 2.24. The number of fused-ring (bicyclic) bond motifs is 1. The summed E-state index contributed by atoms with van der Waals surface area (Å²) in [6.07, 6.45) is 0.0616. The summed E-state index contributed by atoms with van der Waals surface area (Å²) in [5.74, 6) is -0.501. The molecule has 1 heterocycles. The second kappa shape index (κ2) is 6.07. The van der Waals surface area contributed by atoms with Crippen LogP contribution in [0, 0.1) is 0 Å². The lowest BCUT2D eigenvalue weighted by atomic mass is 10.3. The number of carbonyl (C=O) groups is 1. The molecule has 0 amide bonds. The summed E-state index contributed by atoms with van der Waals surface area (Å²) in [7, 11) is 0. The maximum absolute atomic E-state index is 11.8. The largest absolute Gasteiger partial charge is 0.426 e. The van der Waals surface area contributed by atoms with E-state index in [1.807, 2.05) is 0 Å². The second-order valence-electron chi connectivity index (χ2n) is 4.67. The van der Waals surface area contributed by atoms with E-state index >= 15 is 0 Å². The molecule has 0 spiro atoms. The van der Waals surface area contributed by atoms with E-state index in [0.717, 1.165) is 0 Å². The number of benzene rings is 2. The van der Waals surface area contributed by atoms with Crippen molar-refractivity contribution in [3.8, 4) is 5.75 Å². The summed E-state index contributed by atoms with van der Waals surface area (Å²) < 4.78 is 11.7. The standard InChI is InChI=1S/C16H12ClNO4/c17-11-5-7-12(8-6-11)21-15(19)9-10-18-13-3-1-2-4-14(13)22-16(18)20/h1-8H,9-10H2. The smallest absolute Gasteiger partial charge is 0.419 e. The van der Waals surface area contributed by atoms with E-state index in [0.29, 0.717) is 21.9 Å². The molecule has 22 heavy (non-hydrogen) atoms. The Morgan fingerprint density at radius 3 is 2.64 bits per heavy atom. The molecule has 0 saturated heterocycles. The lowest BCUT2D eigenvalue weighted by molar-refractivity contribution is -0.134. The minimum Gasteiger partial charge on any atom is -0.426 e. The average molecular weight is 318 g/mol. The summed E-state index contributed by atoms with van der Waals surface area (Å²) in [6.45, 7) is 0.197. The maximum atomic E-state index is 11.8. The molecule has 0 atom stereocenters. The molecule has 0 saturated carbocycles. The zero-order valence-electron chi connectivity index (χ0n) is 11.5. The highest BCUT2D eigenvalue weighted by atomic mass is 35.5. The van der Waals surface area contributed by atoms with Gasteiger partial charge in [-0.3, -0.25) is 9.36 Å². The molecule has 0 aliphatic rings. The molecule has 0 bridgehead atoms. The molecule has 0 radical (unpaired) electrons. The number of carbonyl (C=O) groups excluding carboxylic acids is 1. The third kappa shape index (κ3) is 3.04. The van der Waals surface area contributed by atoms with E-state index in [9.17, 15) is 9.59 Å². The van der Waals surface area contributed by atoms with Gasteiger partial charge in [0.15, 0.2) is 5.58 Å². The number of hydrogen-bond donors (Lipinski definition) is 0. The lowest BCUT2D eigenvalue weighted by Crippen LogP contribution is -2.18. The number of oxazole rings is 1. The van der Waals surface area contributed by atoms with Crippen LogP contribution in [-0.4, -0.2) is 10.5 Å². The molecule has 6 heteroatoms. The highest BCUT2D eigenvalue weighted by molar-refractivity contribution is 6.30. The third-order valence-electron chi connectivity index (χ3n) is 3.16. The summed E-state index contributed by atoms with van der Waals surface area (Å²) in [4.78, 5) is 23.6. The average Bonchev–Trinajstić information content (AvgIpc) is 2.83. The predicted octanol–water partition coefficient (Wildman–Crippen LogP) is 3.24. The Morgan fingerprint density at radius 2 is 1.86 bits per heavy atom. The highest BCUT2D eigenvalue weighted by Gasteiger charge is 2.11. The van der Waals surface area contributed by atoms with Crippen LogP contribution in [-0.2, 0) is 11.3 Å². The molecule has 2 aromatic carbocycles. The van der Waals surface area contributed by atoms with Crippen LogP contribution in [0.2, 0.25) is 5.02 Å². The van der Waals surface area contributed by atoms with Crippen molar-refractivity contribution < 1.29 is 13.9 Å². The fraction of sp³-hybridized carbons (Fsp3) is 0.125. The van der Waals surface area contributed by atoms with Crippen LogP contribution in [0.4, 0.5) is 0 Å². The molecule has 0 fully saturated rings. The van der Waals surface area contributed by atoms with Crippen LogP contribution in [0.25, 0.3) is 11.1 Å². The van der Waals surface area contributed by atoms with Gasteiger partial charge in [0.25, 0.3) is 0 Å². The van der Waals surface area contributed by atoms with E-state index in [1.54, 1.807) is 48.5 Å². The molecule has 3 rings (SSSR count). The molecule has 0 aliphatic carbocycles. The van der Waals surface area contributed by atoms with Crippen molar-refractivity contribution in [2.24, 2.45) is 0 Å². The molecular formula is C16H12ClNO4. The number of para-hydroxylation sites is 2. The van der Waals surface area contributed by atoms with Crippen LogP contribution < -0.4 is 10.5 Å². The van der Waals surface area contributed by atoms with E-state index < -0.39 is 11.7 Å². The first-order valence-electron chi connectivity index (χ1n) is 6.68. The van der Waals surface area contributed by atoms with Crippen LogP contribution in [0.15, 0.2) is 57.7 Å². The Bertz CT molecular complexity index is 864. The fourth-order valence-electron chi connectivity index (χ4n) is 2.11. The Hall–Kier alpha value is -2.53. The minimum absolute atomic E-state index is 0.0616. The first-order valence-corrected chi connectivity index (χ1v) is 7.06. The van der Waals surface area contributed by atoms with E-state index in [-0.39, 0.29) is 13.0 Å². The lowest BCUT2D eigenvalue weighted by Gasteiger charge is -2.05. The summed E-state index contributed by atoms with van der Waals surface area (Å²) in [5, 5.41) is 0.566. The van der Waals surface area contributed by atoms with Gasteiger partial charge in [-0.25, -0.2) is 4.79 Å². The SMILES string of the molecule is O=C(CCn1c(=O)oc2ccccc21)Oc1ccc(Cl)cc1. The van der Waals surface area contributed by atoms with Gasteiger partial charge in [0.2, 0.25) is 0 Å². The first kappa shape index (κ1) is 14.4. The first-order chi connectivity index (χ1) is 10.6. The van der Waals surface area contributed by atoms with Gasteiger partial charge < -0.3 is 9.15 Å². The summed E-state index contributed by atoms with van der Waals surface area (Å²) in [5.41, 5.74) is 1.16. The number of rotatable bonds is 4. The maximum Gasteiger partial charge on any atom is 0.419 e. The zero-order chi connectivity index (χ0) is 15.5. The number of ether oxygens (including phenoxy) is 1. The quantitative estimate of drug-likeness (QED) is 0.547. The molecule has 5 nitrogen and oxygen atoms in total. The molecule has 3 aromatic rings. The van der Waals surface area contributed by atoms with Crippen LogP contribution in [0.5, 0.6) is 5.75 Å². The third-order valence-corrected chi connectivity index (χ3v) is 3.41. The van der Waals surface area contributed by atoms with E-state index in [1.165, 1.54) is 4.57 Å². The van der Waals surface area contributed by atoms with E-state index in [2.05, 4.69) is 0 Å². The van der Waals surface area contributed by atoms with Crippen LogP contribution in [0.3, 0.4) is 0 Å². The topological polar surface area (TPSA) is 61.4 Å². The van der Waals surface area contributed by atoms with Gasteiger partial charge in [0, 0.05) is 11.6 Å². The Kier molecular flexibility index (Phi) is 3.98. The van der Waals surface area contributed by atoms with Gasteiger partial charge in [-0.15, -0.1) is 0 Å². The zero-order valence-corrected chi connectivity index (χ0v) is 12.2. The Morgan fingerprint density at radius 1 is 1.14 bits per heavy atom. The van der Waals surface area contributed by atoms with Crippen LogP contribution >= 0.6 is 11.6 Å². The number of halogens is 1. The number of nitrogens with zero attached hydrogens (tertiary/aromatic N) is 1. The summed E-state index contributed by atoms with van der Waals surface area (Å²) >= 11 is 5.76. The molecule has 0 aliphatic heterocycles. The van der Waals surface area contributed by atoms with Gasteiger partial charge >= 0.3 is 11.7 Å². The van der Waals surface area contributed by atoms with Crippen molar-refractivity contribution in [1.82, 2.24) is 4.57 Å². The molecule has 0 unspecified atom stereocenters. The van der Waals surface area contributed by atoms with Crippen molar-refractivity contribution >= 4 is 28.7 Å². The van der Waals surface area contributed by atoms with E-state index in [4.69, 9.17) is 20.8 Å². The van der Waals surface area contributed by atoms with Crippen molar-refractivity contribution in [3.05, 3.63) is 64.1 Å². The number of aromatic nitrogens is 1. The number of esters is 1. The number of hydrogen-bond acceptors (Lipinski definition) is 4. The molecule has 1 aromatic heterocycles. The molecule has 0 N–H and O–H groups in total. The van der Waals surface area contributed by atoms with Gasteiger partial charge in [0.1, 0.15) is 5.75 Å². The normalized spacial score (nSPS) is 10.8. The minimum atomic E-state index is -0.486. The van der Waals surface area contributed by atoms with Crippen molar-refractivity contribution in [1.29, 1.82) is 0 Å². The van der Waals surface area contributed by atoms with Crippen molar-refractivity contribution in [2.75, 3.05) is 0 Å². The molecular weight excluding hydrogens is 306 g/mol.